The number of nitrogens with one attached hydrogen (secondary N) is 1. The summed E-state index contributed by atoms with van der Waals surface area (Å²) in [5.74, 6) is 0. The van der Waals surface area contributed by atoms with Crippen molar-refractivity contribution in [2.45, 2.75) is 18.4 Å². The zero-order valence-electron chi connectivity index (χ0n) is 10.9. The zero-order valence-corrected chi connectivity index (χ0v) is 13.3. The molecule has 0 bridgehead atoms. The van der Waals surface area contributed by atoms with Crippen LogP contribution >= 0.6 is 15.9 Å². The first kappa shape index (κ1) is 15.0. The van der Waals surface area contributed by atoms with Gasteiger partial charge in [0.2, 0.25) is 10.0 Å². The average Bonchev–Trinajstić information content (AvgIpc) is 2.38. The van der Waals surface area contributed by atoms with Crippen LogP contribution in [-0.4, -0.2) is 8.42 Å². The first-order valence-corrected chi connectivity index (χ1v) is 8.33. The monoisotopic (exact) mass is 354 g/mol. The maximum absolute atomic E-state index is 11.5. The number of anilines is 1. The molecular formula is C14H15BrN2O2S. The van der Waals surface area contributed by atoms with Gasteiger partial charge in [0.25, 0.3) is 0 Å². The first-order valence-electron chi connectivity index (χ1n) is 5.99. The van der Waals surface area contributed by atoms with Gasteiger partial charge in [-0.25, -0.2) is 13.6 Å². The van der Waals surface area contributed by atoms with E-state index >= 15 is 0 Å². The van der Waals surface area contributed by atoms with E-state index < -0.39 is 10.0 Å². The molecule has 0 aliphatic rings. The van der Waals surface area contributed by atoms with E-state index in [1.165, 1.54) is 6.07 Å². The largest absolute Gasteiger partial charge is 0.381 e. The van der Waals surface area contributed by atoms with E-state index in [-0.39, 0.29) is 4.90 Å². The van der Waals surface area contributed by atoms with E-state index in [4.69, 9.17) is 5.14 Å². The lowest BCUT2D eigenvalue weighted by molar-refractivity contribution is 0.597. The molecule has 0 amide bonds. The molecule has 0 fully saturated rings. The van der Waals surface area contributed by atoms with Crippen molar-refractivity contribution in [1.82, 2.24) is 0 Å². The van der Waals surface area contributed by atoms with Gasteiger partial charge in [0.15, 0.2) is 0 Å². The highest BCUT2D eigenvalue weighted by Crippen LogP contribution is 2.23. The molecule has 0 radical (unpaired) electrons. The average molecular weight is 355 g/mol. The fourth-order valence-electron chi connectivity index (χ4n) is 1.95. The number of sulfonamides is 1. The highest BCUT2D eigenvalue weighted by atomic mass is 79.9. The standard InChI is InChI=1S/C14H15BrN2O2S/c1-10-13(7-4-8-14(10)20(16,18)19)17-9-11-5-2-3-6-12(11)15/h2-8,17H,9H2,1H3,(H2,16,18,19). The predicted molar refractivity (Wildman–Crippen MR) is 84.0 cm³/mol. The van der Waals surface area contributed by atoms with Crippen LogP contribution in [0.1, 0.15) is 11.1 Å². The second-order valence-electron chi connectivity index (χ2n) is 4.42. The van der Waals surface area contributed by atoms with Crippen LogP contribution in [0.25, 0.3) is 0 Å². The normalized spacial score (nSPS) is 11.3. The quantitative estimate of drug-likeness (QED) is 0.886. The van der Waals surface area contributed by atoms with Crippen LogP contribution < -0.4 is 10.5 Å². The molecule has 0 aliphatic carbocycles. The Kier molecular flexibility index (Phi) is 4.47. The molecule has 6 heteroatoms. The third-order valence-corrected chi connectivity index (χ3v) is 4.85. The second-order valence-corrected chi connectivity index (χ2v) is 6.80. The molecule has 4 nitrogen and oxygen atoms in total. The van der Waals surface area contributed by atoms with Crippen molar-refractivity contribution in [2.24, 2.45) is 5.14 Å². The summed E-state index contributed by atoms with van der Waals surface area (Å²) in [6, 6.07) is 12.9. The third-order valence-electron chi connectivity index (χ3n) is 3.02. The van der Waals surface area contributed by atoms with Gasteiger partial charge in [0.1, 0.15) is 0 Å². The van der Waals surface area contributed by atoms with E-state index in [1.54, 1.807) is 13.0 Å². The van der Waals surface area contributed by atoms with Crippen molar-refractivity contribution in [1.29, 1.82) is 0 Å². The van der Waals surface area contributed by atoms with Crippen molar-refractivity contribution in [3.05, 3.63) is 58.1 Å². The third kappa shape index (κ3) is 3.39. The molecule has 2 aromatic rings. The van der Waals surface area contributed by atoms with Crippen LogP contribution in [0.2, 0.25) is 0 Å². The number of hydrogen-bond acceptors (Lipinski definition) is 3. The maximum atomic E-state index is 11.5. The highest BCUT2D eigenvalue weighted by Gasteiger charge is 2.13. The zero-order chi connectivity index (χ0) is 14.8. The van der Waals surface area contributed by atoms with Crippen LogP contribution in [0.4, 0.5) is 5.69 Å². The molecule has 20 heavy (non-hydrogen) atoms. The minimum atomic E-state index is -3.70. The molecule has 2 rings (SSSR count). The fraction of sp³-hybridized carbons (Fsp3) is 0.143. The van der Waals surface area contributed by atoms with Crippen LogP contribution in [-0.2, 0) is 16.6 Å². The number of benzene rings is 2. The van der Waals surface area contributed by atoms with Crippen LogP contribution in [0.15, 0.2) is 51.8 Å². The van der Waals surface area contributed by atoms with Gasteiger partial charge >= 0.3 is 0 Å². The van der Waals surface area contributed by atoms with Gasteiger partial charge in [-0.3, -0.25) is 0 Å². The summed E-state index contributed by atoms with van der Waals surface area (Å²) in [5, 5.41) is 8.43. The van der Waals surface area contributed by atoms with Crippen molar-refractivity contribution >= 4 is 31.6 Å². The van der Waals surface area contributed by atoms with Crippen molar-refractivity contribution < 1.29 is 8.42 Å². The molecule has 0 saturated carbocycles. The topological polar surface area (TPSA) is 72.2 Å². The maximum Gasteiger partial charge on any atom is 0.238 e. The number of rotatable bonds is 4. The fourth-order valence-corrected chi connectivity index (χ4v) is 3.18. The van der Waals surface area contributed by atoms with Gasteiger partial charge in [0.05, 0.1) is 4.90 Å². The van der Waals surface area contributed by atoms with Gasteiger partial charge in [-0.15, -0.1) is 0 Å². The number of hydrogen-bond donors (Lipinski definition) is 2. The molecule has 0 unspecified atom stereocenters. The van der Waals surface area contributed by atoms with Crippen LogP contribution in [0.5, 0.6) is 0 Å². The van der Waals surface area contributed by atoms with Gasteiger partial charge in [0, 0.05) is 16.7 Å². The number of primary sulfonamides is 1. The van der Waals surface area contributed by atoms with Gasteiger partial charge in [-0.05, 0) is 36.2 Å². The van der Waals surface area contributed by atoms with Gasteiger partial charge < -0.3 is 5.32 Å². The first-order chi connectivity index (χ1) is 9.39. The van der Waals surface area contributed by atoms with E-state index in [1.807, 2.05) is 30.3 Å². The van der Waals surface area contributed by atoms with Crippen molar-refractivity contribution in [3.8, 4) is 0 Å². The Balaban J connectivity index is 2.25. The molecule has 0 aliphatic heterocycles. The van der Waals surface area contributed by atoms with Crippen LogP contribution in [0.3, 0.4) is 0 Å². The molecular weight excluding hydrogens is 340 g/mol. The predicted octanol–water partition coefficient (Wildman–Crippen LogP) is 3.02. The summed E-state index contributed by atoms with van der Waals surface area (Å²) in [4.78, 5) is 0.148. The Labute approximate surface area is 127 Å². The van der Waals surface area contributed by atoms with E-state index in [2.05, 4.69) is 21.2 Å². The number of nitrogens with two attached hydrogens (primary N) is 1. The van der Waals surface area contributed by atoms with E-state index in [0.29, 0.717) is 12.1 Å². The molecule has 106 valence electrons. The summed E-state index contributed by atoms with van der Waals surface area (Å²) in [6.45, 7) is 2.33. The molecule has 3 N–H and O–H groups in total. The highest BCUT2D eigenvalue weighted by molar-refractivity contribution is 9.10. The summed E-state index contributed by atoms with van der Waals surface area (Å²) < 4.78 is 24.0. The van der Waals surface area contributed by atoms with Gasteiger partial charge in [-0.2, -0.15) is 0 Å². The second kappa shape index (κ2) is 5.95. The molecule has 0 heterocycles. The van der Waals surface area contributed by atoms with Gasteiger partial charge in [-0.1, -0.05) is 40.2 Å². The minimum Gasteiger partial charge on any atom is -0.381 e. The number of halogens is 1. The Bertz CT molecular complexity index is 730. The van der Waals surface area contributed by atoms with Crippen molar-refractivity contribution in [3.63, 3.8) is 0 Å². The summed E-state index contributed by atoms with van der Waals surface area (Å²) in [6.07, 6.45) is 0. The lowest BCUT2D eigenvalue weighted by Crippen LogP contribution is -2.14. The SMILES string of the molecule is Cc1c(NCc2ccccc2Br)cccc1S(N)(=O)=O. The van der Waals surface area contributed by atoms with Crippen molar-refractivity contribution in [2.75, 3.05) is 5.32 Å². The lowest BCUT2D eigenvalue weighted by atomic mass is 10.2. The molecule has 0 aromatic heterocycles. The Morgan fingerprint density at radius 2 is 1.85 bits per heavy atom. The molecule has 0 saturated heterocycles. The Morgan fingerprint density at radius 3 is 2.50 bits per heavy atom. The Hall–Kier alpha value is -1.37. The smallest absolute Gasteiger partial charge is 0.238 e. The molecule has 2 aromatic carbocycles. The van der Waals surface area contributed by atoms with E-state index in [0.717, 1.165) is 15.7 Å². The van der Waals surface area contributed by atoms with Crippen LogP contribution in [0, 0.1) is 6.92 Å². The molecule has 0 atom stereocenters. The summed E-state index contributed by atoms with van der Waals surface area (Å²) in [7, 11) is -3.70. The minimum absolute atomic E-state index is 0.148. The molecule has 0 spiro atoms. The summed E-state index contributed by atoms with van der Waals surface area (Å²) in [5.41, 5.74) is 2.47. The summed E-state index contributed by atoms with van der Waals surface area (Å²) >= 11 is 3.48. The lowest BCUT2D eigenvalue weighted by Gasteiger charge is -2.13. The Morgan fingerprint density at radius 1 is 1.15 bits per heavy atom. The van der Waals surface area contributed by atoms with E-state index in [9.17, 15) is 8.42 Å².